The van der Waals surface area contributed by atoms with Gasteiger partial charge in [0.25, 0.3) is 5.91 Å². The summed E-state index contributed by atoms with van der Waals surface area (Å²) in [6.45, 7) is 6.17. The van der Waals surface area contributed by atoms with E-state index in [1.54, 1.807) is 30.6 Å². The number of benzene rings is 1. The van der Waals surface area contributed by atoms with Crippen molar-refractivity contribution in [3.05, 3.63) is 54.7 Å². The number of hydrogen-bond donors (Lipinski definition) is 1. The minimum atomic E-state index is -0.439. The van der Waals surface area contributed by atoms with Crippen LogP contribution in [0.15, 0.2) is 53.3 Å². The van der Waals surface area contributed by atoms with Crippen LogP contribution in [0.4, 0.5) is 0 Å². The van der Waals surface area contributed by atoms with E-state index >= 15 is 0 Å². The average molecular weight is 396 g/mol. The summed E-state index contributed by atoms with van der Waals surface area (Å²) in [4.78, 5) is 20.9. The van der Waals surface area contributed by atoms with E-state index in [2.05, 4.69) is 20.4 Å². The average Bonchev–Trinajstić information content (AvgIpc) is 3.22. The van der Waals surface area contributed by atoms with Crippen LogP contribution in [0.1, 0.15) is 32.7 Å². The van der Waals surface area contributed by atoms with Gasteiger partial charge < -0.3 is 19.3 Å². The lowest BCUT2D eigenvalue weighted by Crippen LogP contribution is -2.35. The summed E-state index contributed by atoms with van der Waals surface area (Å²) in [6, 6.07) is 10.4. The number of rotatable bonds is 9. The molecular formula is C21H24N4O4. The van der Waals surface area contributed by atoms with Crippen LogP contribution >= 0.6 is 0 Å². The number of pyridine rings is 1. The van der Waals surface area contributed by atoms with Gasteiger partial charge in [-0.1, -0.05) is 31.1 Å². The lowest BCUT2D eigenvalue weighted by molar-refractivity contribution is -0.124. The number of carbonyl (C=O) groups excluding carboxylic acids is 1. The molecule has 0 aliphatic heterocycles. The molecule has 0 fully saturated rings. The van der Waals surface area contributed by atoms with E-state index in [4.69, 9.17) is 14.0 Å². The van der Waals surface area contributed by atoms with Crippen molar-refractivity contribution in [2.24, 2.45) is 5.92 Å². The third kappa shape index (κ3) is 5.31. The molecule has 1 aromatic carbocycles. The van der Waals surface area contributed by atoms with Crippen molar-refractivity contribution in [1.29, 1.82) is 0 Å². The van der Waals surface area contributed by atoms with E-state index in [-0.39, 0.29) is 18.4 Å². The highest BCUT2D eigenvalue weighted by Crippen LogP contribution is 2.27. The summed E-state index contributed by atoms with van der Waals surface area (Å²) in [7, 11) is 0. The van der Waals surface area contributed by atoms with Crippen LogP contribution in [0.2, 0.25) is 0 Å². The molecule has 8 nitrogen and oxygen atoms in total. The number of carbonyl (C=O) groups is 1. The second-order valence-corrected chi connectivity index (χ2v) is 6.66. The molecule has 3 rings (SSSR count). The number of nitrogens with zero attached hydrogens (tertiary/aromatic N) is 3. The second kappa shape index (κ2) is 9.68. The van der Waals surface area contributed by atoms with E-state index in [1.165, 1.54) is 0 Å². The number of para-hydroxylation sites is 2. The van der Waals surface area contributed by atoms with Crippen LogP contribution in [0.25, 0.3) is 11.4 Å². The smallest absolute Gasteiger partial charge is 0.258 e. The van der Waals surface area contributed by atoms with E-state index in [0.717, 1.165) is 5.56 Å². The molecule has 1 unspecified atom stereocenters. The molecule has 0 aliphatic rings. The van der Waals surface area contributed by atoms with Gasteiger partial charge in [-0.15, -0.1) is 0 Å². The molecule has 3 aromatic rings. The molecule has 152 valence electrons. The molecule has 29 heavy (non-hydrogen) atoms. The fourth-order valence-corrected chi connectivity index (χ4v) is 2.69. The molecule has 0 bridgehead atoms. The highest BCUT2D eigenvalue weighted by molar-refractivity contribution is 5.78. The fraction of sp³-hybridized carbons (Fsp3) is 0.333. The van der Waals surface area contributed by atoms with E-state index in [0.29, 0.717) is 29.8 Å². The van der Waals surface area contributed by atoms with Crippen LogP contribution in [0, 0.1) is 5.92 Å². The molecule has 0 radical (unpaired) electrons. The third-order valence-electron chi connectivity index (χ3n) is 4.12. The first-order valence-electron chi connectivity index (χ1n) is 9.46. The lowest BCUT2D eigenvalue weighted by atomic mass is 10.0. The predicted octanol–water partition coefficient (Wildman–Crippen LogP) is 3.42. The van der Waals surface area contributed by atoms with E-state index in [1.807, 2.05) is 39.0 Å². The lowest BCUT2D eigenvalue weighted by Gasteiger charge is -2.19. The zero-order valence-corrected chi connectivity index (χ0v) is 16.7. The second-order valence-electron chi connectivity index (χ2n) is 6.66. The highest BCUT2D eigenvalue weighted by atomic mass is 16.5. The molecule has 0 saturated heterocycles. The monoisotopic (exact) mass is 396 g/mol. The van der Waals surface area contributed by atoms with Gasteiger partial charge in [0, 0.05) is 18.0 Å². The molecule has 1 N–H and O–H groups in total. The summed E-state index contributed by atoms with van der Waals surface area (Å²) in [5.74, 6) is 1.62. The normalized spacial score (nSPS) is 11.9. The minimum Gasteiger partial charge on any atom is -0.490 e. The van der Waals surface area contributed by atoms with Gasteiger partial charge >= 0.3 is 0 Å². The molecule has 0 spiro atoms. The Morgan fingerprint density at radius 2 is 1.90 bits per heavy atom. The summed E-state index contributed by atoms with van der Waals surface area (Å²) >= 11 is 0. The third-order valence-corrected chi connectivity index (χ3v) is 4.12. The topological polar surface area (TPSA) is 99.4 Å². The van der Waals surface area contributed by atoms with Crippen molar-refractivity contribution in [3.63, 3.8) is 0 Å². The molecule has 1 atom stereocenters. The number of amides is 1. The summed E-state index contributed by atoms with van der Waals surface area (Å²) in [6.07, 6.45) is 3.33. The molecule has 2 aromatic heterocycles. The van der Waals surface area contributed by atoms with Gasteiger partial charge in [0.15, 0.2) is 18.1 Å². The maximum atomic E-state index is 12.5. The van der Waals surface area contributed by atoms with Crippen LogP contribution in [-0.2, 0) is 4.79 Å². The first-order chi connectivity index (χ1) is 14.1. The van der Waals surface area contributed by atoms with Crippen molar-refractivity contribution in [2.45, 2.75) is 26.8 Å². The largest absolute Gasteiger partial charge is 0.490 e. The quantitative estimate of drug-likeness (QED) is 0.591. The van der Waals surface area contributed by atoms with Gasteiger partial charge in [-0.3, -0.25) is 9.78 Å². The van der Waals surface area contributed by atoms with Crippen molar-refractivity contribution in [3.8, 4) is 22.9 Å². The van der Waals surface area contributed by atoms with Crippen LogP contribution in [-0.4, -0.2) is 34.2 Å². The Labute approximate surface area is 169 Å². The zero-order chi connectivity index (χ0) is 20.6. The Hall–Kier alpha value is -3.42. The van der Waals surface area contributed by atoms with Crippen LogP contribution < -0.4 is 14.8 Å². The summed E-state index contributed by atoms with van der Waals surface area (Å²) in [5.41, 5.74) is 0.743. The maximum Gasteiger partial charge on any atom is 0.258 e. The van der Waals surface area contributed by atoms with Crippen molar-refractivity contribution < 1.29 is 18.8 Å². The van der Waals surface area contributed by atoms with Gasteiger partial charge in [0.2, 0.25) is 11.7 Å². The molecule has 1 amide bonds. The zero-order valence-electron chi connectivity index (χ0n) is 16.7. The number of hydrogen-bond acceptors (Lipinski definition) is 7. The Bertz CT molecular complexity index is 927. The van der Waals surface area contributed by atoms with Crippen molar-refractivity contribution >= 4 is 5.91 Å². The molecule has 2 heterocycles. The predicted molar refractivity (Wildman–Crippen MR) is 106 cm³/mol. The van der Waals surface area contributed by atoms with Crippen molar-refractivity contribution in [1.82, 2.24) is 20.4 Å². The fourth-order valence-electron chi connectivity index (χ4n) is 2.69. The highest BCUT2D eigenvalue weighted by Gasteiger charge is 2.25. The van der Waals surface area contributed by atoms with Gasteiger partial charge in [-0.05, 0) is 37.1 Å². The molecule has 0 saturated carbocycles. The molecule has 8 heteroatoms. The van der Waals surface area contributed by atoms with Gasteiger partial charge in [-0.25, -0.2) is 0 Å². The Morgan fingerprint density at radius 3 is 2.55 bits per heavy atom. The maximum absolute atomic E-state index is 12.5. The number of nitrogens with one attached hydrogen (secondary N) is 1. The summed E-state index contributed by atoms with van der Waals surface area (Å²) in [5, 5.41) is 6.90. The Kier molecular flexibility index (Phi) is 6.78. The molecular weight excluding hydrogens is 372 g/mol. The first kappa shape index (κ1) is 20.3. The van der Waals surface area contributed by atoms with Crippen LogP contribution in [0.3, 0.4) is 0 Å². The van der Waals surface area contributed by atoms with Gasteiger partial charge in [-0.2, -0.15) is 4.98 Å². The number of ether oxygens (including phenoxy) is 2. The van der Waals surface area contributed by atoms with Crippen molar-refractivity contribution in [2.75, 3.05) is 13.2 Å². The van der Waals surface area contributed by atoms with E-state index in [9.17, 15) is 4.79 Å². The van der Waals surface area contributed by atoms with E-state index < -0.39 is 6.04 Å². The standard InChI is InChI=1S/C21H24N4O4/c1-4-27-16-9-5-6-10-17(16)28-13-18(26)23-19(14(2)3)21-24-20(25-29-21)15-8-7-11-22-12-15/h5-12,14,19H,4,13H2,1-3H3,(H,23,26). The Morgan fingerprint density at radius 1 is 1.14 bits per heavy atom. The van der Waals surface area contributed by atoms with Gasteiger partial charge in [0.05, 0.1) is 6.61 Å². The minimum absolute atomic E-state index is 0.0388. The van der Waals surface area contributed by atoms with Crippen LogP contribution in [0.5, 0.6) is 11.5 Å². The number of aromatic nitrogens is 3. The SMILES string of the molecule is CCOc1ccccc1OCC(=O)NC(c1nc(-c2cccnc2)no1)C(C)C. The first-order valence-corrected chi connectivity index (χ1v) is 9.46. The van der Waals surface area contributed by atoms with Gasteiger partial charge in [0.1, 0.15) is 6.04 Å². The Balaban J connectivity index is 1.65. The molecule has 0 aliphatic carbocycles. The summed E-state index contributed by atoms with van der Waals surface area (Å²) < 4.78 is 16.5.